The number of hydrogen-bond donors (Lipinski definition) is 4. The second kappa shape index (κ2) is 15.0. The molecule has 0 aromatic rings. The average Bonchev–Trinajstić information content (AvgIpc) is 3.91. The zero-order valence-electron chi connectivity index (χ0n) is 27.5. The van der Waals surface area contributed by atoms with Crippen LogP contribution in [0.15, 0.2) is 12.7 Å². The van der Waals surface area contributed by atoms with E-state index in [1.807, 2.05) is 20.8 Å². The van der Waals surface area contributed by atoms with Crippen LogP contribution in [0.5, 0.6) is 0 Å². The van der Waals surface area contributed by atoms with Crippen molar-refractivity contribution in [3.8, 4) is 0 Å². The van der Waals surface area contributed by atoms with E-state index in [1.54, 1.807) is 37.4 Å². The van der Waals surface area contributed by atoms with Gasteiger partial charge >= 0.3 is 12.0 Å². The van der Waals surface area contributed by atoms with Gasteiger partial charge in [-0.05, 0) is 36.5 Å². The highest BCUT2D eigenvalue weighted by atomic mass is 32.2. The van der Waals surface area contributed by atoms with Crippen LogP contribution in [0, 0.1) is 17.3 Å². The van der Waals surface area contributed by atoms with Crippen molar-refractivity contribution in [1.82, 2.24) is 26.2 Å². The molecule has 46 heavy (non-hydrogen) atoms. The van der Waals surface area contributed by atoms with Crippen molar-refractivity contribution >= 4 is 59.0 Å². The summed E-state index contributed by atoms with van der Waals surface area (Å²) in [4.78, 5) is 81.5. The number of nitrogens with zero attached hydrogens (tertiary/aromatic N) is 1. The Bertz CT molecular complexity index is 1210. The number of ketones is 1. The molecule has 0 radical (unpaired) electrons. The van der Waals surface area contributed by atoms with Crippen molar-refractivity contribution < 1.29 is 33.5 Å². The van der Waals surface area contributed by atoms with Gasteiger partial charge in [0.1, 0.15) is 24.2 Å². The number of rotatable bonds is 14. The maximum Gasteiger partial charge on any atom is 0.329 e. The molecular formula is C32H49N5O7S2. The summed E-state index contributed by atoms with van der Waals surface area (Å²) in [5.74, 6) is -1.16. The topological polar surface area (TPSA) is 163 Å². The van der Waals surface area contributed by atoms with E-state index in [4.69, 9.17) is 4.74 Å². The Labute approximate surface area is 280 Å². The summed E-state index contributed by atoms with van der Waals surface area (Å²) in [5.41, 5.74) is -0.753. The predicted molar refractivity (Wildman–Crippen MR) is 178 cm³/mol. The van der Waals surface area contributed by atoms with E-state index in [9.17, 15) is 28.8 Å². The maximum atomic E-state index is 14.4. The first-order chi connectivity index (χ1) is 21.6. The molecule has 256 valence electrons. The molecule has 4 N–H and O–H groups in total. The lowest BCUT2D eigenvalue weighted by atomic mass is 9.85. The third kappa shape index (κ3) is 9.42. The van der Waals surface area contributed by atoms with Gasteiger partial charge in [-0.2, -0.15) is 0 Å². The molecule has 0 aromatic carbocycles. The molecule has 1 unspecified atom stereocenters. The van der Waals surface area contributed by atoms with E-state index in [1.165, 1.54) is 11.0 Å². The Morgan fingerprint density at radius 2 is 1.65 bits per heavy atom. The zero-order chi connectivity index (χ0) is 33.8. The summed E-state index contributed by atoms with van der Waals surface area (Å²) in [6.07, 6.45) is 5.56. The molecular weight excluding hydrogens is 631 g/mol. The first-order valence-electron chi connectivity index (χ1n) is 16.2. The Balaban J connectivity index is 1.52. The fourth-order valence-electron chi connectivity index (χ4n) is 5.66. The molecule has 0 aromatic heterocycles. The SMILES string of the molecule is C=CCNC(=O)C(=O)C(CC1CC1)NC(=O)[C@@H]1CC2(CN1C(=O)[C@@H](NC(=O)N[C@@H](C(=O)OC1CC1)C(C)C)C(C)(C)C)SCCS2. The van der Waals surface area contributed by atoms with E-state index >= 15 is 0 Å². The second-order valence-corrected chi connectivity index (χ2v) is 17.4. The summed E-state index contributed by atoms with van der Waals surface area (Å²) in [5, 5.41) is 10.8. The number of nitrogens with one attached hydrogen (secondary N) is 4. The zero-order valence-corrected chi connectivity index (χ0v) is 29.2. The molecule has 0 bridgehead atoms. The lowest BCUT2D eigenvalue weighted by Crippen LogP contribution is -2.61. The number of ether oxygens (including phenoxy) is 1. The number of Topliss-reactive ketones (excluding diaryl/α,β-unsaturated/α-hetero) is 1. The van der Waals surface area contributed by atoms with Gasteiger partial charge < -0.3 is 30.9 Å². The van der Waals surface area contributed by atoms with Crippen LogP contribution in [0.1, 0.15) is 73.1 Å². The van der Waals surface area contributed by atoms with Gasteiger partial charge in [-0.25, -0.2) is 9.59 Å². The molecule has 4 atom stereocenters. The van der Waals surface area contributed by atoms with Crippen LogP contribution in [0.2, 0.25) is 0 Å². The fraction of sp³-hybridized carbons (Fsp3) is 0.750. The normalized spacial score (nSPS) is 22.5. The highest BCUT2D eigenvalue weighted by Crippen LogP contribution is 2.52. The van der Waals surface area contributed by atoms with Crippen LogP contribution in [0.3, 0.4) is 0 Å². The highest BCUT2D eigenvalue weighted by molar-refractivity contribution is 8.21. The van der Waals surface area contributed by atoms with Crippen molar-refractivity contribution in [2.24, 2.45) is 17.3 Å². The quantitative estimate of drug-likeness (QED) is 0.123. The van der Waals surface area contributed by atoms with Gasteiger partial charge in [-0.1, -0.05) is 53.5 Å². The Hall–Kier alpha value is -2.74. The molecule has 14 heteroatoms. The minimum Gasteiger partial charge on any atom is -0.461 e. The number of carbonyl (C=O) groups is 6. The first-order valence-corrected chi connectivity index (χ1v) is 18.2. The van der Waals surface area contributed by atoms with Gasteiger partial charge in [-0.3, -0.25) is 19.2 Å². The number of amides is 5. The van der Waals surface area contributed by atoms with E-state index < -0.39 is 69.2 Å². The molecule has 2 saturated heterocycles. The van der Waals surface area contributed by atoms with Gasteiger partial charge in [-0.15, -0.1) is 30.1 Å². The molecule has 2 aliphatic heterocycles. The van der Waals surface area contributed by atoms with Crippen molar-refractivity contribution in [1.29, 1.82) is 0 Å². The third-order valence-electron chi connectivity index (χ3n) is 8.62. The van der Waals surface area contributed by atoms with E-state index in [2.05, 4.69) is 27.8 Å². The van der Waals surface area contributed by atoms with Gasteiger partial charge in [0.15, 0.2) is 0 Å². The van der Waals surface area contributed by atoms with Gasteiger partial charge in [0, 0.05) is 31.0 Å². The number of carbonyl (C=O) groups excluding carboxylic acids is 6. The van der Waals surface area contributed by atoms with Crippen molar-refractivity contribution in [3.63, 3.8) is 0 Å². The van der Waals surface area contributed by atoms with Crippen LogP contribution >= 0.6 is 23.5 Å². The van der Waals surface area contributed by atoms with Gasteiger partial charge in [0.25, 0.3) is 5.91 Å². The van der Waals surface area contributed by atoms with E-state index in [0.29, 0.717) is 19.4 Å². The summed E-state index contributed by atoms with van der Waals surface area (Å²) >= 11 is 3.42. The molecule has 4 rings (SSSR count). The summed E-state index contributed by atoms with van der Waals surface area (Å²) in [6.45, 7) is 13.1. The largest absolute Gasteiger partial charge is 0.461 e. The van der Waals surface area contributed by atoms with E-state index in [0.717, 1.165) is 37.2 Å². The van der Waals surface area contributed by atoms with Crippen LogP contribution in [0.25, 0.3) is 0 Å². The Morgan fingerprint density at radius 3 is 2.20 bits per heavy atom. The number of esters is 1. The van der Waals surface area contributed by atoms with Crippen molar-refractivity contribution in [2.75, 3.05) is 24.6 Å². The van der Waals surface area contributed by atoms with Crippen molar-refractivity contribution in [2.45, 2.75) is 107 Å². The number of hydrogen-bond acceptors (Lipinski definition) is 9. The second-order valence-electron chi connectivity index (χ2n) is 14.2. The Kier molecular flexibility index (Phi) is 11.8. The average molecular weight is 680 g/mol. The predicted octanol–water partition coefficient (Wildman–Crippen LogP) is 2.36. The van der Waals surface area contributed by atoms with Gasteiger partial charge in [0.05, 0.1) is 10.1 Å². The number of urea groups is 1. The summed E-state index contributed by atoms with van der Waals surface area (Å²) in [6, 6.07) is -4.51. The first kappa shape index (κ1) is 36.1. The molecule has 2 heterocycles. The highest BCUT2D eigenvalue weighted by Gasteiger charge is 2.54. The molecule has 12 nitrogen and oxygen atoms in total. The van der Waals surface area contributed by atoms with Crippen molar-refractivity contribution in [3.05, 3.63) is 12.7 Å². The summed E-state index contributed by atoms with van der Waals surface area (Å²) < 4.78 is 5.04. The molecule has 1 spiro atoms. The van der Waals surface area contributed by atoms with Crippen LogP contribution in [-0.4, -0.2) is 99.4 Å². The smallest absolute Gasteiger partial charge is 0.329 e. The lowest BCUT2D eigenvalue weighted by molar-refractivity contribution is -0.148. The number of likely N-dealkylation sites (tertiary alicyclic amines) is 1. The monoisotopic (exact) mass is 679 g/mol. The molecule has 2 aliphatic carbocycles. The maximum absolute atomic E-state index is 14.4. The summed E-state index contributed by atoms with van der Waals surface area (Å²) in [7, 11) is 0. The minimum atomic E-state index is -1.03. The van der Waals surface area contributed by atoms with Crippen LogP contribution < -0.4 is 21.3 Å². The van der Waals surface area contributed by atoms with E-state index in [-0.39, 0.29) is 24.5 Å². The lowest BCUT2D eigenvalue weighted by Gasteiger charge is -2.36. The van der Waals surface area contributed by atoms with Crippen LogP contribution in [-0.2, 0) is 28.7 Å². The minimum absolute atomic E-state index is 0.111. The molecule has 2 saturated carbocycles. The molecule has 4 aliphatic rings. The number of thioether (sulfide) groups is 2. The van der Waals surface area contributed by atoms with Gasteiger partial charge in [0.2, 0.25) is 17.6 Å². The molecule has 4 fully saturated rings. The fourth-order valence-corrected chi connectivity index (χ4v) is 8.91. The third-order valence-corrected chi connectivity index (χ3v) is 12.0. The molecule has 5 amide bonds. The standard InChI is InChI=1S/C32H49N5O7S2/c1-7-12-33-27(40)24(38)21(15-19-8-9-19)34-26(39)22-16-32(45-13-14-46-32)17-37(22)28(41)25(31(4,5)6)36-30(43)35-23(18(2)3)29(42)44-20-10-11-20/h7,18-23,25H,1,8-17H2,2-6H3,(H,33,40)(H,34,39)(H2,35,36,43)/t21?,22-,23+,25+/m0/s1. The Morgan fingerprint density at radius 1 is 1.00 bits per heavy atom. The van der Waals surface area contributed by atoms with Crippen LogP contribution in [0.4, 0.5) is 4.79 Å².